The third-order valence-electron chi connectivity index (χ3n) is 5.96. The van der Waals surface area contributed by atoms with E-state index in [0.29, 0.717) is 12.3 Å². The number of hydrogen-bond donors (Lipinski definition) is 0. The van der Waals surface area contributed by atoms with Crippen molar-refractivity contribution in [2.24, 2.45) is 23.7 Å². The summed E-state index contributed by atoms with van der Waals surface area (Å²) in [6, 6.07) is 0. The number of carbonyl (C=O) groups is 1. The molecule has 2 saturated heterocycles. The van der Waals surface area contributed by atoms with E-state index >= 15 is 0 Å². The van der Waals surface area contributed by atoms with Crippen LogP contribution in [0.25, 0.3) is 0 Å². The Morgan fingerprint density at radius 2 is 2.11 bits per heavy atom. The van der Waals surface area contributed by atoms with Gasteiger partial charge < -0.3 is 9.47 Å². The summed E-state index contributed by atoms with van der Waals surface area (Å²) in [4.78, 5) is 12.2. The highest BCUT2D eigenvalue weighted by Gasteiger charge is 2.76. The Balaban J connectivity index is 1.79. The molecule has 4 fully saturated rings. The van der Waals surface area contributed by atoms with Gasteiger partial charge in [0.05, 0.1) is 11.5 Å². The normalized spacial score (nSPS) is 64.7. The molecule has 2 saturated carbocycles. The van der Waals surface area contributed by atoms with Gasteiger partial charge in [0.2, 0.25) is 0 Å². The van der Waals surface area contributed by atoms with E-state index in [1.54, 1.807) is 0 Å². The molecule has 4 rings (SSSR count). The summed E-state index contributed by atoms with van der Waals surface area (Å²) >= 11 is 0. The molecule has 4 aliphatic rings. The molecule has 2 aliphatic heterocycles. The first-order valence-corrected chi connectivity index (χ1v) is 7.15. The number of rotatable bonds is 0. The maximum absolute atomic E-state index is 12.2. The van der Waals surface area contributed by atoms with Crippen molar-refractivity contribution in [2.75, 3.05) is 0 Å². The maximum Gasteiger partial charge on any atom is 0.309 e. The Morgan fingerprint density at radius 3 is 2.89 bits per heavy atom. The van der Waals surface area contributed by atoms with Gasteiger partial charge >= 0.3 is 5.97 Å². The Hall–Kier alpha value is -0.570. The predicted octanol–water partition coefficient (Wildman–Crippen LogP) is 2.53. The van der Waals surface area contributed by atoms with Gasteiger partial charge in [0, 0.05) is 15.9 Å². The van der Waals surface area contributed by atoms with E-state index in [9.17, 15) is 4.79 Å². The number of epoxide rings is 1. The van der Waals surface area contributed by atoms with E-state index in [4.69, 9.17) is 13.6 Å². The van der Waals surface area contributed by atoms with Crippen molar-refractivity contribution in [1.82, 2.24) is 0 Å². The third kappa shape index (κ3) is 1.08. The molecule has 7 atom stereocenters. The quantitative estimate of drug-likeness (QED) is 0.492. The summed E-state index contributed by atoms with van der Waals surface area (Å²) in [5.74, 6) is 0.500. The number of esters is 1. The fourth-order valence-corrected chi connectivity index (χ4v) is 4.96. The Bertz CT molecular complexity index is 505. The van der Waals surface area contributed by atoms with E-state index < -0.39 is 24.2 Å². The SMILES string of the molecule is [2H]C([2H])([2H])[C@@]12CC[C@H]3[C@H](C)CC[C@H]4[C@@H](C)C(=O)O[C@]34[C@@H]1O2. The zero-order valence-electron chi connectivity index (χ0n) is 13.9. The lowest BCUT2D eigenvalue weighted by atomic mass is 9.55. The second-order valence-electron chi connectivity index (χ2n) is 6.76. The van der Waals surface area contributed by atoms with E-state index in [-0.39, 0.29) is 23.7 Å². The third-order valence-corrected chi connectivity index (χ3v) is 5.96. The van der Waals surface area contributed by atoms with Crippen LogP contribution in [0.4, 0.5) is 0 Å². The Kier molecular flexibility index (Phi) is 1.48. The first-order chi connectivity index (χ1) is 9.74. The van der Waals surface area contributed by atoms with Crippen molar-refractivity contribution >= 4 is 5.97 Å². The van der Waals surface area contributed by atoms with Gasteiger partial charge in [-0.1, -0.05) is 13.8 Å². The van der Waals surface area contributed by atoms with Crippen LogP contribution in [0.3, 0.4) is 0 Å². The lowest BCUT2D eigenvalue weighted by molar-refractivity contribution is -0.168. The van der Waals surface area contributed by atoms with E-state index in [1.165, 1.54) is 0 Å². The van der Waals surface area contributed by atoms with Crippen LogP contribution < -0.4 is 0 Å². The molecule has 0 amide bonds. The van der Waals surface area contributed by atoms with Crippen LogP contribution in [0.5, 0.6) is 0 Å². The van der Waals surface area contributed by atoms with Gasteiger partial charge in [-0.05, 0) is 38.5 Å². The van der Waals surface area contributed by atoms with E-state index in [2.05, 4.69) is 6.92 Å². The number of carbonyl (C=O) groups excluding carboxylic acids is 1. The molecule has 0 radical (unpaired) electrons. The summed E-state index contributed by atoms with van der Waals surface area (Å²) in [7, 11) is 0. The Labute approximate surface area is 112 Å². The van der Waals surface area contributed by atoms with Crippen LogP contribution in [-0.4, -0.2) is 23.3 Å². The molecular weight excluding hydrogens is 228 g/mol. The van der Waals surface area contributed by atoms with Crippen LogP contribution in [0.15, 0.2) is 0 Å². The van der Waals surface area contributed by atoms with Crippen molar-refractivity contribution in [3.8, 4) is 0 Å². The van der Waals surface area contributed by atoms with Crippen LogP contribution in [0.1, 0.15) is 50.5 Å². The predicted molar refractivity (Wildman–Crippen MR) is 65.9 cm³/mol. The van der Waals surface area contributed by atoms with Crippen LogP contribution >= 0.6 is 0 Å². The summed E-state index contributed by atoms with van der Waals surface area (Å²) in [5.41, 5.74) is -1.75. The van der Waals surface area contributed by atoms with Crippen LogP contribution in [0.2, 0.25) is 0 Å². The average molecular weight is 253 g/mol. The molecule has 18 heavy (non-hydrogen) atoms. The van der Waals surface area contributed by atoms with Crippen molar-refractivity contribution in [3.05, 3.63) is 0 Å². The lowest BCUT2D eigenvalue weighted by Gasteiger charge is -2.49. The molecule has 0 unspecified atom stereocenters. The number of fused-ring (bicyclic) bond motifs is 1. The monoisotopic (exact) mass is 253 g/mol. The topological polar surface area (TPSA) is 38.8 Å². The molecule has 0 aromatic heterocycles. The minimum atomic E-state index is -2.14. The van der Waals surface area contributed by atoms with Gasteiger partial charge in [-0.15, -0.1) is 0 Å². The molecule has 2 heterocycles. The van der Waals surface area contributed by atoms with Gasteiger partial charge in [0.25, 0.3) is 0 Å². The summed E-state index contributed by atoms with van der Waals surface area (Å²) in [6.45, 7) is 1.98. The second-order valence-corrected chi connectivity index (χ2v) is 6.76. The van der Waals surface area contributed by atoms with Gasteiger partial charge in [-0.3, -0.25) is 4.79 Å². The molecule has 100 valence electrons. The molecule has 0 bridgehead atoms. The fourth-order valence-electron chi connectivity index (χ4n) is 4.96. The van der Waals surface area contributed by atoms with Gasteiger partial charge in [-0.25, -0.2) is 0 Å². The summed E-state index contributed by atoms with van der Waals surface area (Å²) < 4.78 is 35.2. The second kappa shape index (κ2) is 3.12. The average Bonchev–Trinajstić information content (AvgIpc) is 3.10. The van der Waals surface area contributed by atoms with Crippen molar-refractivity contribution in [1.29, 1.82) is 0 Å². The van der Waals surface area contributed by atoms with Crippen molar-refractivity contribution in [2.45, 2.75) is 63.7 Å². The highest BCUT2D eigenvalue weighted by molar-refractivity contribution is 5.76. The maximum atomic E-state index is 12.2. The first-order valence-electron chi connectivity index (χ1n) is 8.65. The minimum Gasteiger partial charge on any atom is -0.455 e. The molecule has 1 spiro atoms. The highest BCUT2D eigenvalue weighted by atomic mass is 16.7. The van der Waals surface area contributed by atoms with Gasteiger partial charge in [0.15, 0.2) is 0 Å². The zero-order chi connectivity index (χ0) is 15.2. The molecule has 0 N–H and O–H groups in total. The zero-order valence-corrected chi connectivity index (χ0v) is 10.9. The molecule has 2 aliphatic carbocycles. The van der Waals surface area contributed by atoms with Crippen LogP contribution in [-0.2, 0) is 14.3 Å². The first kappa shape index (κ1) is 8.57. The van der Waals surface area contributed by atoms with Gasteiger partial charge in [-0.2, -0.15) is 0 Å². The standard InChI is InChI=1S/C15H22O3/c1-8-4-5-11-9(2)12(16)17-15(11)10(8)6-7-14(3)13(15)18-14/h8-11,13H,4-7H2,1-3H3/t8-,9-,10+,11+,13-,14-,15-/m1/s1/i3D3. The number of ether oxygens (including phenoxy) is 2. The number of hydrogen-bond acceptors (Lipinski definition) is 3. The fraction of sp³-hybridized carbons (Fsp3) is 0.933. The molecule has 0 aromatic rings. The minimum absolute atomic E-state index is 0.112. The van der Waals surface area contributed by atoms with Gasteiger partial charge in [0.1, 0.15) is 11.7 Å². The molecule has 0 aromatic carbocycles. The molecule has 3 nitrogen and oxygen atoms in total. The van der Waals surface area contributed by atoms with E-state index in [0.717, 1.165) is 19.3 Å². The highest BCUT2D eigenvalue weighted by Crippen LogP contribution is 2.66. The van der Waals surface area contributed by atoms with Crippen LogP contribution in [0, 0.1) is 23.7 Å². The molecular formula is C15H22O3. The Morgan fingerprint density at radius 1 is 1.28 bits per heavy atom. The smallest absolute Gasteiger partial charge is 0.309 e. The van der Waals surface area contributed by atoms with Crippen molar-refractivity contribution < 1.29 is 18.4 Å². The largest absolute Gasteiger partial charge is 0.455 e. The molecule has 3 heteroatoms. The lowest BCUT2D eigenvalue weighted by Crippen LogP contribution is -2.58. The summed E-state index contributed by atoms with van der Waals surface area (Å²) in [5, 5.41) is 0. The van der Waals surface area contributed by atoms with Crippen molar-refractivity contribution in [3.63, 3.8) is 0 Å². The van der Waals surface area contributed by atoms with E-state index in [1.807, 2.05) is 6.92 Å². The summed E-state index contributed by atoms with van der Waals surface area (Å²) in [6.07, 6.45) is 2.93.